The molecule has 0 N–H and O–H groups in total. The molecule has 2 aromatic rings. The molecule has 0 aliphatic heterocycles. The van der Waals surface area contributed by atoms with Crippen molar-refractivity contribution in [2.45, 2.75) is 0 Å². The zero-order valence-electron chi connectivity index (χ0n) is 10.1. The van der Waals surface area contributed by atoms with E-state index in [-0.39, 0.29) is 51.1 Å². The van der Waals surface area contributed by atoms with E-state index in [0.717, 1.165) is 0 Å². The van der Waals surface area contributed by atoms with Gasteiger partial charge < -0.3 is 10.2 Å². The molecule has 0 saturated heterocycles. The van der Waals surface area contributed by atoms with E-state index < -0.39 is 0 Å². The summed E-state index contributed by atoms with van der Waals surface area (Å²) >= 11 is 32.8. The van der Waals surface area contributed by atoms with Crippen molar-refractivity contribution in [1.82, 2.24) is 0 Å². The van der Waals surface area contributed by atoms with Crippen molar-refractivity contribution in [3.05, 3.63) is 54.4 Å². The third-order valence-electron chi connectivity index (χ3n) is 1.93. The molecule has 108 valence electrons. The van der Waals surface area contributed by atoms with Crippen LogP contribution in [0.2, 0.25) is 30.1 Å². The number of hydrogen-bond donors (Lipinski definition) is 0. The summed E-state index contributed by atoms with van der Waals surface area (Å²) in [6.45, 7) is 0. The minimum atomic E-state index is -0.382. The molecule has 9 heteroatoms. The van der Waals surface area contributed by atoms with Crippen LogP contribution in [0.25, 0.3) is 0 Å². The third-order valence-corrected chi connectivity index (χ3v) is 3.49. The molecule has 0 saturated carbocycles. The summed E-state index contributed by atoms with van der Waals surface area (Å²) in [4.78, 5) is 0. The van der Waals surface area contributed by atoms with Gasteiger partial charge in [0.15, 0.2) is 0 Å². The van der Waals surface area contributed by atoms with E-state index in [1.807, 2.05) is 0 Å². The van der Waals surface area contributed by atoms with Crippen LogP contribution in [0.1, 0.15) is 0 Å². The number of benzene rings is 2. The van der Waals surface area contributed by atoms with Crippen molar-refractivity contribution >= 4 is 69.6 Å². The summed E-state index contributed by atoms with van der Waals surface area (Å²) in [6, 6.07) is 5.43. The summed E-state index contributed by atoms with van der Waals surface area (Å²) < 4.78 is 0. The van der Waals surface area contributed by atoms with Crippen molar-refractivity contribution in [2.75, 3.05) is 0 Å². The van der Waals surface area contributed by atoms with Gasteiger partial charge >= 0.3 is 19.5 Å². The molecule has 0 heterocycles. The Bertz CT molecular complexity index is 534. The van der Waals surface area contributed by atoms with Crippen molar-refractivity contribution < 1.29 is 29.7 Å². The van der Waals surface area contributed by atoms with Gasteiger partial charge in [0.25, 0.3) is 0 Å². The number of halogens is 6. The minimum absolute atomic E-state index is 0. The summed E-state index contributed by atoms with van der Waals surface area (Å²) in [5, 5.41) is 22.5. The van der Waals surface area contributed by atoms with E-state index in [2.05, 4.69) is 0 Å². The van der Waals surface area contributed by atoms with E-state index in [0.29, 0.717) is 10.0 Å². The second-order valence-corrected chi connectivity index (χ2v) is 5.90. The van der Waals surface area contributed by atoms with Crippen LogP contribution in [0.3, 0.4) is 0 Å². The third kappa shape index (κ3) is 6.58. The molecule has 0 aliphatic carbocycles. The smallest absolute Gasteiger partial charge is 0.870 e. The fourth-order valence-electron chi connectivity index (χ4n) is 1.06. The van der Waals surface area contributed by atoms with Crippen molar-refractivity contribution in [2.24, 2.45) is 0 Å². The Morgan fingerprint density at radius 2 is 0.714 bits per heavy atom. The average molecular weight is 458 g/mol. The molecule has 2 rings (SSSR count). The fraction of sp³-hybridized carbons (Fsp3) is 0. The Balaban J connectivity index is 0.000000364. The molecule has 2 nitrogen and oxygen atoms in total. The monoisotopic (exact) mass is 454 g/mol. The van der Waals surface area contributed by atoms with Gasteiger partial charge in [-0.3, -0.25) is 0 Å². The van der Waals surface area contributed by atoms with Crippen LogP contribution in [0, 0.1) is 0 Å². The van der Waals surface area contributed by atoms with Gasteiger partial charge in [0.1, 0.15) is 0 Å². The maximum atomic E-state index is 10.8. The van der Waals surface area contributed by atoms with Crippen molar-refractivity contribution in [3.8, 4) is 11.5 Å². The first-order valence-electron chi connectivity index (χ1n) is 4.85. The van der Waals surface area contributed by atoms with E-state index >= 15 is 0 Å². The van der Waals surface area contributed by atoms with E-state index in [1.165, 1.54) is 24.3 Å². The van der Waals surface area contributed by atoms with Crippen LogP contribution in [0.4, 0.5) is 0 Å². The van der Waals surface area contributed by atoms with Crippen LogP contribution >= 0.6 is 69.6 Å². The number of rotatable bonds is 0. The molecule has 0 fully saturated rings. The largest absolute Gasteiger partial charge is 2.00 e. The van der Waals surface area contributed by atoms with Crippen molar-refractivity contribution in [1.29, 1.82) is 0 Å². The van der Waals surface area contributed by atoms with Crippen LogP contribution in [0.15, 0.2) is 24.3 Å². The summed E-state index contributed by atoms with van der Waals surface area (Å²) in [5.74, 6) is -0.763. The molecule has 0 amide bonds. The maximum absolute atomic E-state index is 10.8. The Morgan fingerprint density at radius 3 is 0.905 bits per heavy atom. The summed E-state index contributed by atoms with van der Waals surface area (Å²) in [7, 11) is 0. The van der Waals surface area contributed by atoms with Gasteiger partial charge in [-0.15, -0.1) is 0 Å². The Kier molecular flexibility index (Phi) is 9.70. The molecule has 2 aromatic carbocycles. The quantitative estimate of drug-likeness (QED) is 0.494. The predicted molar refractivity (Wildman–Crippen MR) is 81.8 cm³/mol. The molecular formula is C12H4Cl6O2Zn. The minimum Gasteiger partial charge on any atom is -0.870 e. The van der Waals surface area contributed by atoms with Crippen LogP contribution < -0.4 is 10.2 Å². The fourth-order valence-corrected chi connectivity index (χ4v) is 2.69. The zero-order chi connectivity index (χ0) is 15.4. The summed E-state index contributed by atoms with van der Waals surface area (Å²) in [5.41, 5.74) is 0. The van der Waals surface area contributed by atoms with Crippen LogP contribution in [-0.4, -0.2) is 0 Å². The topological polar surface area (TPSA) is 46.1 Å². The first kappa shape index (κ1) is 21.4. The van der Waals surface area contributed by atoms with Crippen LogP contribution in [-0.2, 0) is 19.5 Å². The first-order chi connectivity index (χ1) is 9.22. The Hall–Kier alpha value is 0.403. The maximum Gasteiger partial charge on any atom is 2.00 e. The molecule has 0 bridgehead atoms. The first-order valence-corrected chi connectivity index (χ1v) is 7.12. The Labute approximate surface area is 164 Å². The normalized spacial score (nSPS) is 9.43. The van der Waals surface area contributed by atoms with E-state index in [4.69, 9.17) is 69.6 Å². The number of hydrogen-bond acceptors (Lipinski definition) is 2. The molecule has 0 spiro atoms. The predicted octanol–water partition coefficient (Wildman–Crippen LogP) is 5.44. The SMILES string of the molecule is [O-]c1c(Cl)cc(Cl)cc1Cl.[O-]c1c(Cl)cc(Cl)cc1Cl.[Zn+2]. The van der Waals surface area contributed by atoms with Crippen LogP contribution in [0.5, 0.6) is 11.5 Å². The molecular weight excluding hydrogens is 454 g/mol. The molecule has 0 radical (unpaired) electrons. The van der Waals surface area contributed by atoms with Gasteiger partial charge in [-0.1, -0.05) is 81.1 Å². The van der Waals surface area contributed by atoms with Gasteiger partial charge in [0, 0.05) is 30.1 Å². The van der Waals surface area contributed by atoms with Gasteiger partial charge in [0.05, 0.1) is 0 Å². The molecule has 0 unspecified atom stereocenters. The van der Waals surface area contributed by atoms with Gasteiger partial charge in [-0.25, -0.2) is 0 Å². The van der Waals surface area contributed by atoms with Gasteiger partial charge in [-0.2, -0.15) is 0 Å². The molecule has 0 atom stereocenters. The zero-order valence-corrected chi connectivity index (χ0v) is 17.6. The summed E-state index contributed by atoms with van der Waals surface area (Å²) in [6.07, 6.45) is 0. The second-order valence-electron chi connectivity index (χ2n) is 3.40. The average Bonchev–Trinajstić information content (AvgIpc) is 2.33. The van der Waals surface area contributed by atoms with E-state index in [9.17, 15) is 10.2 Å². The molecule has 21 heavy (non-hydrogen) atoms. The second kappa shape index (κ2) is 9.52. The molecule has 0 aliphatic rings. The van der Waals surface area contributed by atoms with E-state index in [1.54, 1.807) is 0 Å². The standard InChI is InChI=1S/2C6H3Cl3O.Zn/c2*7-3-1-4(8)6(10)5(9)2-3;/h2*1-2,10H;/q;;+2/p-2. The van der Waals surface area contributed by atoms with Crippen molar-refractivity contribution in [3.63, 3.8) is 0 Å². The molecule has 0 aromatic heterocycles. The van der Waals surface area contributed by atoms with Gasteiger partial charge in [0.2, 0.25) is 0 Å². The Morgan fingerprint density at radius 1 is 0.524 bits per heavy atom. The van der Waals surface area contributed by atoms with Gasteiger partial charge in [-0.05, 0) is 24.3 Å².